The van der Waals surface area contributed by atoms with E-state index in [9.17, 15) is 4.79 Å². The van der Waals surface area contributed by atoms with Crippen LogP contribution >= 0.6 is 0 Å². The van der Waals surface area contributed by atoms with E-state index in [0.29, 0.717) is 34.9 Å². The Morgan fingerprint density at radius 2 is 1.62 bits per heavy atom. The fourth-order valence-electron chi connectivity index (χ4n) is 6.18. The van der Waals surface area contributed by atoms with Crippen LogP contribution in [0, 0.1) is 0 Å². The van der Waals surface area contributed by atoms with Gasteiger partial charge in [0.05, 0.1) is 25.8 Å². The normalized spacial score (nSPS) is 18.0. The molecule has 45 heavy (non-hydrogen) atoms. The summed E-state index contributed by atoms with van der Waals surface area (Å²) in [6.07, 6.45) is 0. The molecule has 1 aromatic heterocycles. The van der Waals surface area contributed by atoms with Crippen molar-refractivity contribution in [2.45, 2.75) is 38.5 Å². The van der Waals surface area contributed by atoms with Gasteiger partial charge in [0, 0.05) is 42.8 Å². The van der Waals surface area contributed by atoms with Gasteiger partial charge < -0.3 is 14.0 Å². The van der Waals surface area contributed by atoms with E-state index in [4.69, 9.17) is 14.0 Å². The van der Waals surface area contributed by atoms with Crippen molar-refractivity contribution in [2.75, 3.05) is 27.3 Å². The Morgan fingerprint density at radius 1 is 0.844 bits per heavy atom. The molecule has 6 rings (SSSR count). The highest BCUT2D eigenvalue weighted by Gasteiger charge is 2.35. The highest BCUT2D eigenvalue weighted by molar-refractivity contribution is 5.90. The standard InChI is InChI=1S/C37H38N4O4/c1-25-23-41(26(2)22-40(25)24-27-10-6-5-7-11-27)34(30-12-9-15-33(21-30)43-3)28-16-18-29(19-17-28)35-38-36(45-39-35)31-13-8-14-32(20-31)37(42)44-4/h5-21,25-26,34H,22-24H2,1-4H3/t25-,26+,34-/m1/s1. The van der Waals surface area contributed by atoms with Crippen LogP contribution in [0.4, 0.5) is 0 Å². The van der Waals surface area contributed by atoms with E-state index in [0.717, 1.165) is 30.9 Å². The first kappa shape index (κ1) is 30.2. The average Bonchev–Trinajstić information content (AvgIpc) is 3.58. The second-order valence-corrected chi connectivity index (χ2v) is 11.6. The third-order valence-corrected chi connectivity index (χ3v) is 8.57. The summed E-state index contributed by atoms with van der Waals surface area (Å²) in [7, 11) is 3.07. The van der Waals surface area contributed by atoms with Crippen LogP contribution in [-0.2, 0) is 11.3 Å². The molecule has 2 heterocycles. The molecular weight excluding hydrogens is 564 g/mol. The minimum atomic E-state index is -0.418. The monoisotopic (exact) mass is 602 g/mol. The second-order valence-electron chi connectivity index (χ2n) is 11.6. The fourth-order valence-corrected chi connectivity index (χ4v) is 6.18. The number of aromatic nitrogens is 2. The van der Waals surface area contributed by atoms with Gasteiger partial charge in [0.2, 0.25) is 5.82 Å². The molecule has 0 aliphatic carbocycles. The number of ether oxygens (including phenoxy) is 2. The maximum atomic E-state index is 12.0. The molecule has 0 N–H and O–H groups in total. The van der Waals surface area contributed by atoms with Gasteiger partial charge in [-0.2, -0.15) is 4.98 Å². The Labute approximate surface area is 264 Å². The zero-order valence-electron chi connectivity index (χ0n) is 26.1. The molecule has 3 atom stereocenters. The summed E-state index contributed by atoms with van der Waals surface area (Å²) in [5.41, 5.74) is 5.62. The molecule has 4 aromatic carbocycles. The van der Waals surface area contributed by atoms with E-state index in [-0.39, 0.29) is 6.04 Å². The molecule has 0 saturated carbocycles. The number of carbonyl (C=O) groups is 1. The predicted octanol–water partition coefficient (Wildman–Crippen LogP) is 6.88. The lowest BCUT2D eigenvalue weighted by Gasteiger charge is -2.47. The highest BCUT2D eigenvalue weighted by atomic mass is 16.5. The Bertz CT molecular complexity index is 1740. The first-order valence-electron chi connectivity index (χ1n) is 15.2. The maximum Gasteiger partial charge on any atom is 0.337 e. The fraction of sp³-hybridized carbons (Fsp3) is 0.270. The first-order chi connectivity index (χ1) is 21.9. The molecule has 8 nitrogen and oxygen atoms in total. The third kappa shape index (κ3) is 6.67. The summed E-state index contributed by atoms with van der Waals surface area (Å²) < 4.78 is 16.0. The van der Waals surface area contributed by atoms with Gasteiger partial charge in [-0.05, 0) is 60.9 Å². The Kier molecular flexibility index (Phi) is 9.05. The molecule has 0 radical (unpaired) electrons. The molecule has 0 spiro atoms. The number of piperazine rings is 1. The van der Waals surface area contributed by atoms with E-state index in [1.807, 2.05) is 24.3 Å². The number of carbonyl (C=O) groups excluding carboxylic acids is 1. The minimum Gasteiger partial charge on any atom is -0.497 e. The van der Waals surface area contributed by atoms with Gasteiger partial charge in [-0.1, -0.05) is 78.0 Å². The van der Waals surface area contributed by atoms with Crippen molar-refractivity contribution in [3.63, 3.8) is 0 Å². The second kappa shape index (κ2) is 13.5. The molecule has 0 unspecified atom stereocenters. The molecule has 1 saturated heterocycles. The third-order valence-electron chi connectivity index (χ3n) is 8.57. The van der Waals surface area contributed by atoms with Crippen molar-refractivity contribution in [3.05, 3.63) is 125 Å². The van der Waals surface area contributed by atoms with Crippen LogP contribution in [-0.4, -0.2) is 65.3 Å². The summed E-state index contributed by atoms with van der Waals surface area (Å²) in [6, 6.07) is 35.2. The molecule has 1 fully saturated rings. The van der Waals surface area contributed by atoms with E-state index >= 15 is 0 Å². The van der Waals surface area contributed by atoms with Crippen LogP contribution < -0.4 is 4.74 Å². The van der Waals surface area contributed by atoms with Crippen molar-refractivity contribution in [1.29, 1.82) is 0 Å². The topological polar surface area (TPSA) is 80.9 Å². The number of hydrogen-bond donors (Lipinski definition) is 0. The minimum absolute atomic E-state index is 0.0346. The zero-order chi connectivity index (χ0) is 31.3. The van der Waals surface area contributed by atoms with E-state index in [2.05, 4.69) is 94.5 Å². The molecule has 1 aliphatic rings. The van der Waals surface area contributed by atoms with E-state index in [1.54, 1.807) is 25.3 Å². The van der Waals surface area contributed by atoms with Gasteiger partial charge in [0.15, 0.2) is 0 Å². The molecular formula is C37H38N4O4. The van der Waals surface area contributed by atoms with Crippen molar-refractivity contribution in [1.82, 2.24) is 19.9 Å². The number of rotatable bonds is 9. The van der Waals surface area contributed by atoms with Gasteiger partial charge in [-0.15, -0.1) is 0 Å². The number of methoxy groups -OCH3 is 2. The van der Waals surface area contributed by atoms with Gasteiger partial charge in [-0.3, -0.25) is 9.80 Å². The Hall–Kier alpha value is -4.79. The molecule has 5 aromatic rings. The highest BCUT2D eigenvalue weighted by Crippen LogP contribution is 2.36. The lowest BCUT2D eigenvalue weighted by Crippen LogP contribution is -2.56. The summed E-state index contributed by atoms with van der Waals surface area (Å²) in [5.74, 6) is 1.24. The molecule has 1 aliphatic heterocycles. The summed E-state index contributed by atoms with van der Waals surface area (Å²) in [6.45, 7) is 7.48. The largest absolute Gasteiger partial charge is 0.497 e. The SMILES string of the molecule is COC(=O)c1cccc(-c2nc(-c3ccc([C@H](c4cccc(OC)c4)N4C[C@@H](C)N(Cc5ccccc5)C[C@@H]4C)cc3)no2)c1. The van der Waals surface area contributed by atoms with Crippen LogP contribution in [0.25, 0.3) is 22.8 Å². The number of hydrogen-bond acceptors (Lipinski definition) is 8. The quantitative estimate of drug-likeness (QED) is 0.169. The molecule has 230 valence electrons. The van der Waals surface area contributed by atoms with Crippen LogP contribution in [0.1, 0.15) is 46.9 Å². The van der Waals surface area contributed by atoms with Gasteiger partial charge in [0.1, 0.15) is 5.75 Å². The van der Waals surface area contributed by atoms with Gasteiger partial charge in [-0.25, -0.2) is 4.79 Å². The average molecular weight is 603 g/mol. The predicted molar refractivity (Wildman–Crippen MR) is 174 cm³/mol. The number of esters is 1. The van der Waals surface area contributed by atoms with Crippen molar-refractivity contribution in [3.8, 4) is 28.6 Å². The van der Waals surface area contributed by atoms with Crippen molar-refractivity contribution in [2.24, 2.45) is 0 Å². The van der Waals surface area contributed by atoms with Crippen LogP contribution in [0.15, 0.2) is 108 Å². The zero-order valence-corrected chi connectivity index (χ0v) is 26.1. The maximum absolute atomic E-state index is 12.0. The summed E-state index contributed by atoms with van der Waals surface area (Å²) in [4.78, 5) is 21.8. The Balaban J connectivity index is 1.27. The molecule has 8 heteroatoms. The summed E-state index contributed by atoms with van der Waals surface area (Å²) >= 11 is 0. The summed E-state index contributed by atoms with van der Waals surface area (Å²) in [5, 5.41) is 4.23. The van der Waals surface area contributed by atoms with Crippen LogP contribution in [0.2, 0.25) is 0 Å². The Morgan fingerprint density at radius 3 is 2.38 bits per heavy atom. The van der Waals surface area contributed by atoms with Gasteiger partial charge >= 0.3 is 5.97 Å². The number of nitrogens with zero attached hydrogens (tertiary/aromatic N) is 4. The molecule has 0 bridgehead atoms. The van der Waals surface area contributed by atoms with Gasteiger partial charge in [0.25, 0.3) is 5.89 Å². The van der Waals surface area contributed by atoms with E-state index < -0.39 is 5.97 Å². The first-order valence-corrected chi connectivity index (χ1v) is 15.2. The van der Waals surface area contributed by atoms with Crippen molar-refractivity contribution < 1.29 is 18.8 Å². The smallest absolute Gasteiger partial charge is 0.337 e. The van der Waals surface area contributed by atoms with Crippen LogP contribution in [0.3, 0.4) is 0 Å². The number of benzene rings is 4. The lowest BCUT2D eigenvalue weighted by molar-refractivity contribution is 0.0195. The van der Waals surface area contributed by atoms with Crippen LogP contribution in [0.5, 0.6) is 5.75 Å². The lowest BCUT2D eigenvalue weighted by atomic mass is 9.92. The molecule has 0 amide bonds. The van der Waals surface area contributed by atoms with Crippen molar-refractivity contribution >= 4 is 5.97 Å². The van der Waals surface area contributed by atoms with E-state index in [1.165, 1.54) is 23.8 Å².